The van der Waals surface area contributed by atoms with Gasteiger partial charge < -0.3 is 10.0 Å². The Morgan fingerprint density at radius 2 is 1.65 bits per heavy atom. The van der Waals surface area contributed by atoms with E-state index in [1.807, 2.05) is 61.5 Å². The summed E-state index contributed by atoms with van der Waals surface area (Å²) >= 11 is 0. The number of carbonyl (C=O) groups excluding carboxylic acids is 1. The van der Waals surface area contributed by atoms with Crippen LogP contribution in [0.1, 0.15) is 23.1 Å². The van der Waals surface area contributed by atoms with Crippen molar-refractivity contribution < 1.29 is 14.7 Å². The van der Waals surface area contributed by atoms with Crippen molar-refractivity contribution in [3.8, 4) is 0 Å². The Bertz CT molecular complexity index is 667. The lowest BCUT2D eigenvalue weighted by atomic mass is 10.0. The first-order valence-electron chi connectivity index (χ1n) is 7.64. The topological polar surface area (TPSA) is 57.6 Å². The van der Waals surface area contributed by atoms with Crippen LogP contribution in [0, 0.1) is 6.92 Å². The molecule has 0 fully saturated rings. The SMILES string of the molecule is Cc1ccccc1CCC(=O)N(CC(=O)O)Cc1ccccc1. The Morgan fingerprint density at radius 1 is 1.00 bits per heavy atom. The van der Waals surface area contributed by atoms with Gasteiger partial charge in [-0.1, -0.05) is 54.6 Å². The lowest BCUT2D eigenvalue weighted by molar-refractivity contribution is -0.144. The van der Waals surface area contributed by atoms with Crippen LogP contribution in [0.15, 0.2) is 54.6 Å². The zero-order valence-electron chi connectivity index (χ0n) is 13.2. The number of aliphatic carboxylic acids is 1. The van der Waals surface area contributed by atoms with Crippen molar-refractivity contribution >= 4 is 11.9 Å². The summed E-state index contributed by atoms with van der Waals surface area (Å²) in [6.07, 6.45) is 0.932. The normalized spacial score (nSPS) is 10.3. The summed E-state index contributed by atoms with van der Waals surface area (Å²) in [6.45, 7) is 2.06. The van der Waals surface area contributed by atoms with Crippen molar-refractivity contribution in [2.24, 2.45) is 0 Å². The minimum Gasteiger partial charge on any atom is -0.480 e. The molecule has 0 saturated carbocycles. The predicted molar refractivity (Wildman–Crippen MR) is 89.0 cm³/mol. The van der Waals surface area contributed by atoms with Crippen LogP contribution in [0.2, 0.25) is 0 Å². The number of hydrogen-bond acceptors (Lipinski definition) is 2. The molecule has 2 aromatic carbocycles. The number of carbonyl (C=O) groups is 2. The highest BCUT2D eigenvalue weighted by Crippen LogP contribution is 2.12. The van der Waals surface area contributed by atoms with Crippen LogP contribution in [-0.2, 0) is 22.6 Å². The van der Waals surface area contributed by atoms with E-state index in [0.717, 1.165) is 16.7 Å². The molecular weight excluding hydrogens is 290 g/mol. The number of carboxylic acids is 1. The molecule has 0 atom stereocenters. The summed E-state index contributed by atoms with van der Waals surface area (Å²) in [7, 11) is 0. The van der Waals surface area contributed by atoms with Crippen molar-refractivity contribution in [3.63, 3.8) is 0 Å². The van der Waals surface area contributed by atoms with Gasteiger partial charge in [-0.25, -0.2) is 0 Å². The van der Waals surface area contributed by atoms with Crippen molar-refractivity contribution in [2.45, 2.75) is 26.3 Å². The third-order valence-electron chi connectivity index (χ3n) is 3.76. The third kappa shape index (κ3) is 5.25. The van der Waals surface area contributed by atoms with Gasteiger partial charge in [-0.05, 0) is 30.0 Å². The van der Waals surface area contributed by atoms with Gasteiger partial charge in [0.2, 0.25) is 5.91 Å². The van der Waals surface area contributed by atoms with Gasteiger partial charge in [-0.15, -0.1) is 0 Å². The van der Waals surface area contributed by atoms with Gasteiger partial charge >= 0.3 is 5.97 Å². The molecule has 2 aromatic rings. The minimum absolute atomic E-state index is 0.139. The summed E-state index contributed by atoms with van der Waals surface area (Å²) in [5.41, 5.74) is 3.20. The zero-order valence-corrected chi connectivity index (χ0v) is 13.2. The highest BCUT2D eigenvalue weighted by molar-refractivity contribution is 5.81. The Kier molecular flexibility index (Phi) is 5.92. The minimum atomic E-state index is -0.995. The molecule has 0 heterocycles. The van der Waals surface area contributed by atoms with Crippen LogP contribution in [0.25, 0.3) is 0 Å². The largest absolute Gasteiger partial charge is 0.480 e. The average molecular weight is 311 g/mol. The highest BCUT2D eigenvalue weighted by atomic mass is 16.4. The summed E-state index contributed by atoms with van der Waals surface area (Å²) in [5.74, 6) is -1.13. The van der Waals surface area contributed by atoms with E-state index < -0.39 is 5.97 Å². The fraction of sp³-hybridized carbons (Fsp3) is 0.263. The number of rotatable bonds is 7. The van der Waals surface area contributed by atoms with Crippen LogP contribution in [0.3, 0.4) is 0 Å². The molecule has 120 valence electrons. The van der Waals surface area contributed by atoms with Gasteiger partial charge in [0.15, 0.2) is 0 Å². The molecule has 0 aliphatic heterocycles. The van der Waals surface area contributed by atoms with Crippen LogP contribution >= 0.6 is 0 Å². The highest BCUT2D eigenvalue weighted by Gasteiger charge is 2.17. The van der Waals surface area contributed by atoms with Gasteiger partial charge in [-0.2, -0.15) is 0 Å². The Balaban J connectivity index is 2.01. The molecule has 23 heavy (non-hydrogen) atoms. The number of hydrogen-bond donors (Lipinski definition) is 1. The molecule has 0 unspecified atom stereocenters. The van der Waals surface area contributed by atoms with Crippen LogP contribution in [0.5, 0.6) is 0 Å². The molecule has 1 amide bonds. The van der Waals surface area contributed by atoms with E-state index in [4.69, 9.17) is 5.11 Å². The summed E-state index contributed by atoms with van der Waals surface area (Å²) in [6, 6.07) is 17.4. The van der Waals surface area contributed by atoms with Crippen molar-refractivity contribution in [1.82, 2.24) is 4.90 Å². The molecule has 0 spiro atoms. The van der Waals surface area contributed by atoms with Gasteiger partial charge in [-0.3, -0.25) is 9.59 Å². The second kappa shape index (κ2) is 8.13. The van der Waals surface area contributed by atoms with E-state index in [1.54, 1.807) is 0 Å². The number of aryl methyl sites for hydroxylation is 2. The molecule has 0 bridgehead atoms. The van der Waals surface area contributed by atoms with Crippen molar-refractivity contribution in [3.05, 3.63) is 71.3 Å². The first kappa shape index (κ1) is 16.7. The van der Waals surface area contributed by atoms with Gasteiger partial charge in [0.1, 0.15) is 6.54 Å². The Morgan fingerprint density at radius 3 is 2.30 bits per heavy atom. The van der Waals surface area contributed by atoms with Gasteiger partial charge in [0.25, 0.3) is 0 Å². The molecule has 0 radical (unpaired) electrons. The number of carboxylic acid groups (broad SMARTS) is 1. The van der Waals surface area contributed by atoms with E-state index >= 15 is 0 Å². The molecule has 4 nitrogen and oxygen atoms in total. The second-order valence-corrected chi connectivity index (χ2v) is 5.56. The molecule has 0 aliphatic carbocycles. The third-order valence-corrected chi connectivity index (χ3v) is 3.76. The molecule has 0 saturated heterocycles. The van der Waals surface area contributed by atoms with E-state index in [2.05, 4.69) is 0 Å². The zero-order chi connectivity index (χ0) is 16.7. The van der Waals surface area contributed by atoms with Crippen LogP contribution < -0.4 is 0 Å². The number of benzene rings is 2. The standard InChI is InChI=1S/C19H21NO3/c1-15-7-5-6-10-17(15)11-12-18(21)20(14-19(22)23)13-16-8-3-2-4-9-16/h2-10H,11-14H2,1H3,(H,22,23). The van der Waals surface area contributed by atoms with Crippen molar-refractivity contribution in [1.29, 1.82) is 0 Å². The summed E-state index contributed by atoms with van der Waals surface area (Å²) < 4.78 is 0. The maximum Gasteiger partial charge on any atom is 0.323 e. The molecular formula is C19H21NO3. The number of nitrogens with zero attached hydrogens (tertiary/aromatic N) is 1. The lowest BCUT2D eigenvalue weighted by Crippen LogP contribution is -2.35. The van der Waals surface area contributed by atoms with E-state index in [1.165, 1.54) is 4.90 Å². The van der Waals surface area contributed by atoms with Crippen LogP contribution in [-0.4, -0.2) is 28.4 Å². The molecule has 4 heteroatoms. The number of amides is 1. The van der Waals surface area contributed by atoms with Gasteiger partial charge in [0.05, 0.1) is 0 Å². The maximum atomic E-state index is 12.4. The second-order valence-electron chi connectivity index (χ2n) is 5.56. The first-order chi connectivity index (χ1) is 11.1. The average Bonchev–Trinajstić information content (AvgIpc) is 2.54. The molecule has 2 rings (SSSR count). The summed E-state index contributed by atoms with van der Waals surface area (Å²) in [5, 5.41) is 9.05. The van der Waals surface area contributed by atoms with E-state index in [-0.39, 0.29) is 12.5 Å². The first-order valence-corrected chi connectivity index (χ1v) is 7.64. The van der Waals surface area contributed by atoms with E-state index in [0.29, 0.717) is 19.4 Å². The summed E-state index contributed by atoms with van der Waals surface area (Å²) in [4.78, 5) is 24.9. The van der Waals surface area contributed by atoms with Gasteiger partial charge in [0, 0.05) is 13.0 Å². The quantitative estimate of drug-likeness (QED) is 0.855. The monoisotopic (exact) mass is 311 g/mol. The fourth-order valence-electron chi connectivity index (χ4n) is 2.49. The Hall–Kier alpha value is -2.62. The van der Waals surface area contributed by atoms with Crippen molar-refractivity contribution in [2.75, 3.05) is 6.54 Å². The van der Waals surface area contributed by atoms with E-state index in [9.17, 15) is 9.59 Å². The smallest absolute Gasteiger partial charge is 0.323 e. The Labute approximate surface area is 136 Å². The fourth-order valence-corrected chi connectivity index (χ4v) is 2.49. The molecule has 1 N–H and O–H groups in total. The van der Waals surface area contributed by atoms with Crippen LogP contribution in [0.4, 0.5) is 0 Å². The molecule has 0 aliphatic rings. The lowest BCUT2D eigenvalue weighted by Gasteiger charge is -2.21. The molecule has 0 aromatic heterocycles. The predicted octanol–water partition coefficient (Wildman–Crippen LogP) is 3.04. The maximum absolute atomic E-state index is 12.4.